The number of carbonyl (C=O) groups excluding carboxylic acids is 1. The predicted molar refractivity (Wildman–Crippen MR) is 99.1 cm³/mol. The van der Waals surface area contributed by atoms with Gasteiger partial charge >= 0.3 is 0 Å². The van der Waals surface area contributed by atoms with Crippen molar-refractivity contribution in [3.05, 3.63) is 30.3 Å². The van der Waals surface area contributed by atoms with Crippen molar-refractivity contribution in [3.63, 3.8) is 0 Å². The highest BCUT2D eigenvalue weighted by Crippen LogP contribution is 2.25. The topological polar surface area (TPSA) is 75.9 Å². The molecule has 0 radical (unpaired) electrons. The van der Waals surface area contributed by atoms with Crippen molar-refractivity contribution >= 4 is 11.9 Å². The van der Waals surface area contributed by atoms with Gasteiger partial charge in [0.05, 0.1) is 5.69 Å². The normalized spacial score (nSPS) is 19.5. The van der Waals surface area contributed by atoms with Crippen molar-refractivity contribution in [3.8, 4) is 5.69 Å². The molecule has 1 N–H and O–H groups in total. The number of benzene rings is 1. The molecule has 1 aliphatic heterocycles. The summed E-state index contributed by atoms with van der Waals surface area (Å²) in [4.78, 5) is 14.7. The third-order valence-corrected chi connectivity index (χ3v) is 5.55. The number of hydrogen-bond acceptors (Lipinski definition) is 5. The molecule has 1 aromatic heterocycles. The van der Waals surface area contributed by atoms with E-state index in [2.05, 4.69) is 25.7 Å². The number of anilines is 1. The van der Waals surface area contributed by atoms with Crippen molar-refractivity contribution in [1.29, 1.82) is 0 Å². The van der Waals surface area contributed by atoms with Crippen molar-refractivity contribution < 1.29 is 4.79 Å². The van der Waals surface area contributed by atoms with E-state index < -0.39 is 0 Å². The van der Waals surface area contributed by atoms with Crippen molar-refractivity contribution in [2.75, 3.05) is 18.0 Å². The fourth-order valence-corrected chi connectivity index (χ4v) is 4.02. The van der Waals surface area contributed by atoms with Gasteiger partial charge in [-0.3, -0.25) is 4.79 Å². The van der Waals surface area contributed by atoms with Crippen LogP contribution >= 0.6 is 0 Å². The van der Waals surface area contributed by atoms with E-state index in [0.29, 0.717) is 0 Å². The lowest BCUT2D eigenvalue weighted by Gasteiger charge is -2.33. The van der Waals surface area contributed by atoms with Crippen LogP contribution < -0.4 is 10.2 Å². The van der Waals surface area contributed by atoms with E-state index in [9.17, 15) is 4.79 Å². The standard InChI is InChI=1S/C19H26N6O/c26-18(15-7-3-1-4-8-15)20-16-11-13-24(14-12-16)19-21-22-23-25(19)17-9-5-2-6-10-17/h2,5-6,9-10,15-16H,1,3-4,7-8,11-14H2,(H,20,26). The van der Waals surface area contributed by atoms with E-state index in [0.717, 1.165) is 50.4 Å². The van der Waals surface area contributed by atoms with E-state index in [4.69, 9.17) is 0 Å². The van der Waals surface area contributed by atoms with Crippen LogP contribution in [0.5, 0.6) is 0 Å². The van der Waals surface area contributed by atoms with Gasteiger partial charge in [0.2, 0.25) is 11.9 Å². The van der Waals surface area contributed by atoms with Crippen LogP contribution in [0, 0.1) is 5.92 Å². The third-order valence-electron chi connectivity index (χ3n) is 5.55. The number of aromatic nitrogens is 4. The average molecular weight is 354 g/mol. The van der Waals surface area contributed by atoms with E-state index in [1.807, 2.05) is 30.3 Å². The Morgan fingerprint density at radius 1 is 1.00 bits per heavy atom. The summed E-state index contributed by atoms with van der Waals surface area (Å²) >= 11 is 0. The minimum Gasteiger partial charge on any atom is -0.353 e. The summed E-state index contributed by atoms with van der Waals surface area (Å²) in [6.45, 7) is 1.70. The summed E-state index contributed by atoms with van der Waals surface area (Å²) in [6.07, 6.45) is 7.63. The minimum absolute atomic E-state index is 0.229. The molecule has 1 aliphatic carbocycles. The number of para-hydroxylation sites is 1. The molecule has 7 heteroatoms. The first-order valence-electron chi connectivity index (χ1n) is 9.70. The Morgan fingerprint density at radius 2 is 1.73 bits per heavy atom. The second-order valence-electron chi connectivity index (χ2n) is 7.33. The summed E-state index contributed by atoms with van der Waals surface area (Å²) in [5, 5.41) is 15.5. The Labute approximate surface area is 153 Å². The van der Waals surface area contributed by atoms with E-state index in [1.54, 1.807) is 4.68 Å². The lowest BCUT2D eigenvalue weighted by molar-refractivity contribution is -0.126. The van der Waals surface area contributed by atoms with Gasteiger partial charge in [0.25, 0.3) is 0 Å². The Hall–Kier alpha value is -2.44. The maximum atomic E-state index is 12.5. The summed E-state index contributed by atoms with van der Waals surface area (Å²) < 4.78 is 1.78. The number of tetrazole rings is 1. The third kappa shape index (κ3) is 3.71. The van der Waals surface area contributed by atoms with Gasteiger partial charge in [-0.25, -0.2) is 0 Å². The molecule has 2 fully saturated rings. The Bertz CT molecular complexity index is 717. The zero-order valence-electron chi connectivity index (χ0n) is 15.0. The number of piperidine rings is 1. The molecule has 1 saturated carbocycles. The molecule has 1 saturated heterocycles. The highest BCUT2D eigenvalue weighted by atomic mass is 16.1. The second kappa shape index (κ2) is 7.85. The second-order valence-corrected chi connectivity index (χ2v) is 7.33. The molecule has 4 rings (SSSR count). The predicted octanol–water partition coefficient (Wildman–Crippen LogP) is 2.33. The molecule has 2 aromatic rings. The highest BCUT2D eigenvalue weighted by molar-refractivity contribution is 5.79. The smallest absolute Gasteiger partial charge is 0.250 e. The molecule has 0 unspecified atom stereocenters. The molecule has 1 aromatic carbocycles. The van der Waals surface area contributed by atoms with Crippen LogP contribution in [-0.4, -0.2) is 45.2 Å². The van der Waals surface area contributed by atoms with Crippen LogP contribution in [0.2, 0.25) is 0 Å². The zero-order chi connectivity index (χ0) is 17.8. The number of rotatable bonds is 4. The van der Waals surface area contributed by atoms with Crippen molar-refractivity contribution in [2.45, 2.75) is 51.0 Å². The Morgan fingerprint density at radius 3 is 2.46 bits per heavy atom. The summed E-state index contributed by atoms with van der Waals surface area (Å²) in [6, 6.07) is 10.2. The summed E-state index contributed by atoms with van der Waals surface area (Å²) in [7, 11) is 0. The minimum atomic E-state index is 0.229. The molecule has 0 atom stereocenters. The molecular weight excluding hydrogens is 328 g/mol. The van der Waals surface area contributed by atoms with Crippen molar-refractivity contribution in [1.82, 2.24) is 25.5 Å². The average Bonchev–Trinajstić information content (AvgIpc) is 3.20. The number of nitrogens with zero attached hydrogens (tertiary/aromatic N) is 5. The number of carbonyl (C=O) groups is 1. The largest absolute Gasteiger partial charge is 0.353 e. The molecule has 138 valence electrons. The van der Waals surface area contributed by atoms with E-state index >= 15 is 0 Å². The maximum Gasteiger partial charge on any atom is 0.250 e. The lowest BCUT2D eigenvalue weighted by Crippen LogP contribution is -2.47. The Balaban J connectivity index is 1.34. The Kier molecular flexibility index (Phi) is 5.13. The molecule has 1 amide bonds. The van der Waals surface area contributed by atoms with Crippen LogP contribution in [0.25, 0.3) is 5.69 Å². The number of nitrogens with one attached hydrogen (secondary N) is 1. The highest BCUT2D eigenvalue weighted by Gasteiger charge is 2.27. The fraction of sp³-hybridized carbons (Fsp3) is 0.579. The quantitative estimate of drug-likeness (QED) is 0.912. The SMILES string of the molecule is O=C(NC1CCN(c2nnnn2-c2ccccc2)CC1)C1CCCCC1. The van der Waals surface area contributed by atoms with Crippen LogP contribution in [0.4, 0.5) is 5.95 Å². The molecule has 7 nitrogen and oxygen atoms in total. The molecular formula is C19H26N6O. The van der Waals surface area contributed by atoms with Gasteiger partial charge in [0.15, 0.2) is 0 Å². The first-order chi connectivity index (χ1) is 12.8. The molecule has 26 heavy (non-hydrogen) atoms. The van der Waals surface area contributed by atoms with Gasteiger partial charge < -0.3 is 10.2 Å². The monoisotopic (exact) mass is 354 g/mol. The molecule has 2 heterocycles. The number of hydrogen-bond donors (Lipinski definition) is 1. The van der Waals surface area contributed by atoms with E-state index in [1.165, 1.54) is 19.3 Å². The summed E-state index contributed by atoms with van der Waals surface area (Å²) in [5.74, 6) is 1.26. The maximum absolute atomic E-state index is 12.5. The number of amides is 1. The lowest BCUT2D eigenvalue weighted by atomic mass is 9.88. The zero-order valence-corrected chi connectivity index (χ0v) is 15.0. The fourth-order valence-electron chi connectivity index (χ4n) is 4.02. The van der Waals surface area contributed by atoms with Gasteiger partial charge in [-0.15, -0.1) is 0 Å². The van der Waals surface area contributed by atoms with Crippen LogP contribution in [0.15, 0.2) is 30.3 Å². The van der Waals surface area contributed by atoms with Crippen LogP contribution in [-0.2, 0) is 4.79 Å². The molecule has 0 spiro atoms. The van der Waals surface area contributed by atoms with Gasteiger partial charge in [-0.05, 0) is 48.2 Å². The van der Waals surface area contributed by atoms with E-state index in [-0.39, 0.29) is 17.9 Å². The van der Waals surface area contributed by atoms with Gasteiger partial charge in [0.1, 0.15) is 0 Å². The van der Waals surface area contributed by atoms with Crippen LogP contribution in [0.3, 0.4) is 0 Å². The van der Waals surface area contributed by atoms with Gasteiger partial charge in [-0.2, -0.15) is 4.68 Å². The van der Waals surface area contributed by atoms with Crippen molar-refractivity contribution in [2.24, 2.45) is 5.92 Å². The molecule has 2 aliphatic rings. The summed E-state index contributed by atoms with van der Waals surface area (Å²) in [5.41, 5.74) is 0.959. The van der Waals surface area contributed by atoms with Gasteiger partial charge in [-0.1, -0.05) is 42.6 Å². The van der Waals surface area contributed by atoms with Gasteiger partial charge in [0, 0.05) is 25.0 Å². The molecule has 0 bridgehead atoms. The first kappa shape index (κ1) is 17.0. The van der Waals surface area contributed by atoms with Crippen LogP contribution in [0.1, 0.15) is 44.9 Å². The first-order valence-corrected chi connectivity index (χ1v) is 9.70.